The van der Waals surface area contributed by atoms with Crippen LogP contribution < -0.4 is 10.1 Å². The molecule has 0 bridgehead atoms. The zero-order valence-corrected chi connectivity index (χ0v) is 23.1. The quantitative estimate of drug-likeness (QED) is 0.389. The standard InChI is InChI=1S/C33H31F2N3O4/c1-20-5-12-28(31(39)36-20)38-32(40)26-3-2-4-29(30(26)33(38)41)42-19-22-8-6-21(7-9-22)18-37-15-13-23(14-16-37)25-11-10-24(34)17-27(25)35/h2-4,6-11,17,23,28H,1,5,12-16,18-19H2,(H,36,39). The van der Waals surface area contributed by atoms with Crippen LogP contribution >= 0.6 is 0 Å². The van der Waals surface area contributed by atoms with E-state index in [4.69, 9.17) is 4.74 Å². The summed E-state index contributed by atoms with van der Waals surface area (Å²) in [7, 11) is 0. The number of fused-ring (bicyclic) bond motifs is 1. The summed E-state index contributed by atoms with van der Waals surface area (Å²) in [5.74, 6) is -2.06. The Balaban J connectivity index is 1.05. The van der Waals surface area contributed by atoms with Crippen molar-refractivity contribution in [1.82, 2.24) is 15.1 Å². The third-order valence-corrected chi connectivity index (χ3v) is 8.36. The third kappa shape index (κ3) is 5.44. The fraction of sp³-hybridized carbons (Fsp3) is 0.303. The summed E-state index contributed by atoms with van der Waals surface area (Å²) in [4.78, 5) is 42.3. The Morgan fingerprint density at radius 3 is 2.36 bits per heavy atom. The summed E-state index contributed by atoms with van der Waals surface area (Å²) in [5, 5.41) is 2.64. The van der Waals surface area contributed by atoms with E-state index < -0.39 is 35.4 Å². The van der Waals surface area contributed by atoms with E-state index in [0.717, 1.165) is 54.6 Å². The topological polar surface area (TPSA) is 79.0 Å². The monoisotopic (exact) mass is 571 g/mol. The van der Waals surface area contributed by atoms with E-state index in [0.29, 0.717) is 29.9 Å². The zero-order chi connectivity index (χ0) is 29.4. The number of piperidine rings is 2. The molecule has 1 unspecified atom stereocenters. The summed E-state index contributed by atoms with van der Waals surface area (Å²) in [6, 6.07) is 15.9. The Hall–Kier alpha value is -4.37. The van der Waals surface area contributed by atoms with Crippen molar-refractivity contribution in [3.63, 3.8) is 0 Å². The predicted molar refractivity (Wildman–Crippen MR) is 152 cm³/mol. The highest BCUT2D eigenvalue weighted by atomic mass is 19.1. The van der Waals surface area contributed by atoms with Crippen LogP contribution in [-0.2, 0) is 17.9 Å². The molecule has 3 aromatic carbocycles. The minimum atomic E-state index is -0.877. The van der Waals surface area contributed by atoms with Gasteiger partial charge in [-0.15, -0.1) is 0 Å². The van der Waals surface area contributed by atoms with E-state index in [-0.39, 0.29) is 23.7 Å². The third-order valence-electron chi connectivity index (χ3n) is 8.36. The number of carbonyl (C=O) groups excluding carboxylic acids is 3. The molecular formula is C33H31F2N3O4. The number of nitrogens with zero attached hydrogens (tertiary/aromatic N) is 2. The lowest BCUT2D eigenvalue weighted by molar-refractivity contribution is -0.125. The van der Waals surface area contributed by atoms with Gasteiger partial charge in [0.1, 0.15) is 30.0 Å². The molecule has 1 atom stereocenters. The van der Waals surface area contributed by atoms with Crippen molar-refractivity contribution in [2.45, 2.75) is 50.8 Å². The van der Waals surface area contributed by atoms with Gasteiger partial charge in [-0.25, -0.2) is 8.78 Å². The van der Waals surface area contributed by atoms with Crippen LogP contribution in [0.2, 0.25) is 0 Å². The van der Waals surface area contributed by atoms with Crippen molar-refractivity contribution in [2.24, 2.45) is 0 Å². The molecule has 3 amide bonds. The maximum Gasteiger partial charge on any atom is 0.266 e. The van der Waals surface area contributed by atoms with Gasteiger partial charge in [-0.2, -0.15) is 0 Å². The molecule has 0 aromatic heterocycles. The maximum atomic E-state index is 14.2. The molecule has 2 fully saturated rings. The van der Waals surface area contributed by atoms with E-state index in [1.807, 2.05) is 24.3 Å². The molecule has 7 nitrogen and oxygen atoms in total. The van der Waals surface area contributed by atoms with Gasteiger partial charge in [0.2, 0.25) is 5.91 Å². The molecule has 42 heavy (non-hydrogen) atoms. The van der Waals surface area contributed by atoms with E-state index in [1.165, 1.54) is 6.07 Å². The first-order valence-corrected chi connectivity index (χ1v) is 14.2. The highest BCUT2D eigenvalue weighted by Gasteiger charge is 2.45. The van der Waals surface area contributed by atoms with E-state index in [1.54, 1.807) is 24.3 Å². The fourth-order valence-corrected chi connectivity index (χ4v) is 6.08. The van der Waals surface area contributed by atoms with E-state index in [9.17, 15) is 23.2 Å². The number of hydrogen-bond donors (Lipinski definition) is 1. The summed E-state index contributed by atoms with van der Waals surface area (Å²) < 4.78 is 33.5. The average Bonchev–Trinajstić information content (AvgIpc) is 3.23. The number of likely N-dealkylation sites (tertiary alicyclic amines) is 1. The summed E-state index contributed by atoms with van der Waals surface area (Å²) in [6.07, 6.45) is 2.46. The van der Waals surface area contributed by atoms with E-state index in [2.05, 4.69) is 16.8 Å². The van der Waals surface area contributed by atoms with Crippen molar-refractivity contribution in [1.29, 1.82) is 0 Å². The number of amides is 3. The summed E-state index contributed by atoms with van der Waals surface area (Å²) in [5.41, 5.74) is 3.62. The lowest BCUT2D eigenvalue weighted by atomic mass is 9.89. The fourth-order valence-electron chi connectivity index (χ4n) is 6.08. The van der Waals surface area contributed by atoms with Gasteiger partial charge in [0.05, 0.1) is 11.1 Å². The number of hydrogen-bond acceptors (Lipinski definition) is 5. The number of halogens is 2. The van der Waals surface area contributed by atoms with Gasteiger partial charge in [0.25, 0.3) is 11.8 Å². The van der Waals surface area contributed by atoms with Crippen LogP contribution in [0.15, 0.2) is 72.9 Å². The highest BCUT2D eigenvalue weighted by molar-refractivity contribution is 6.24. The van der Waals surface area contributed by atoms with Gasteiger partial charge in [0.15, 0.2) is 0 Å². The number of benzene rings is 3. The van der Waals surface area contributed by atoms with Crippen LogP contribution in [0.1, 0.15) is 69.0 Å². The van der Waals surface area contributed by atoms with Crippen molar-refractivity contribution in [3.8, 4) is 5.75 Å². The van der Waals surface area contributed by atoms with Crippen molar-refractivity contribution in [3.05, 3.63) is 112 Å². The Kier molecular flexibility index (Phi) is 7.60. The first kappa shape index (κ1) is 27.8. The van der Waals surface area contributed by atoms with Crippen LogP contribution in [0.4, 0.5) is 8.78 Å². The zero-order valence-electron chi connectivity index (χ0n) is 23.1. The minimum absolute atomic E-state index is 0.0925. The molecule has 9 heteroatoms. The molecule has 0 saturated carbocycles. The maximum absolute atomic E-state index is 14.2. The Morgan fingerprint density at radius 2 is 1.64 bits per heavy atom. The number of nitrogens with one attached hydrogen (secondary N) is 1. The molecule has 3 aliphatic rings. The molecule has 0 radical (unpaired) electrons. The number of allylic oxidation sites excluding steroid dienone is 1. The smallest absolute Gasteiger partial charge is 0.266 e. The molecule has 3 heterocycles. The van der Waals surface area contributed by atoms with Gasteiger partial charge in [-0.1, -0.05) is 43.0 Å². The first-order valence-electron chi connectivity index (χ1n) is 14.2. The molecule has 3 aromatic rings. The highest BCUT2D eigenvalue weighted by Crippen LogP contribution is 2.35. The largest absolute Gasteiger partial charge is 0.488 e. The van der Waals surface area contributed by atoms with Crippen molar-refractivity contribution >= 4 is 17.7 Å². The summed E-state index contributed by atoms with van der Waals surface area (Å²) >= 11 is 0. The Bertz CT molecular complexity index is 1560. The van der Waals surface area contributed by atoms with Gasteiger partial charge in [-0.3, -0.25) is 24.2 Å². The van der Waals surface area contributed by atoms with Gasteiger partial charge < -0.3 is 10.1 Å². The van der Waals surface area contributed by atoms with Gasteiger partial charge in [-0.05, 0) is 79.6 Å². The van der Waals surface area contributed by atoms with Crippen LogP contribution in [0, 0.1) is 11.6 Å². The molecule has 216 valence electrons. The van der Waals surface area contributed by atoms with Gasteiger partial charge in [0, 0.05) is 18.3 Å². The summed E-state index contributed by atoms with van der Waals surface area (Å²) in [6.45, 7) is 6.38. The second-order valence-corrected chi connectivity index (χ2v) is 11.1. The number of carbonyl (C=O) groups is 3. The average molecular weight is 572 g/mol. The molecule has 0 spiro atoms. The molecule has 3 aliphatic heterocycles. The van der Waals surface area contributed by atoms with Crippen LogP contribution in [-0.4, -0.2) is 46.7 Å². The first-order chi connectivity index (χ1) is 20.3. The molecule has 6 rings (SSSR count). The van der Waals surface area contributed by atoms with Gasteiger partial charge >= 0.3 is 0 Å². The lowest BCUT2D eigenvalue weighted by Gasteiger charge is -2.32. The van der Waals surface area contributed by atoms with Crippen molar-refractivity contribution in [2.75, 3.05) is 13.1 Å². The van der Waals surface area contributed by atoms with Crippen molar-refractivity contribution < 1.29 is 27.9 Å². The lowest BCUT2D eigenvalue weighted by Crippen LogP contribution is -2.51. The minimum Gasteiger partial charge on any atom is -0.488 e. The molecular weight excluding hydrogens is 540 g/mol. The number of ether oxygens (including phenoxy) is 1. The van der Waals surface area contributed by atoms with Crippen LogP contribution in [0.5, 0.6) is 5.75 Å². The van der Waals surface area contributed by atoms with Crippen LogP contribution in [0.3, 0.4) is 0 Å². The second kappa shape index (κ2) is 11.5. The second-order valence-electron chi connectivity index (χ2n) is 11.1. The number of rotatable bonds is 7. The molecule has 1 N–H and O–H groups in total. The molecule has 0 aliphatic carbocycles. The predicted octanol–water partition coefficient (Wildman–Crippen LogP) is 5.31. The number of imide groups is 1. The van der Waals surface area contributed by atoms with E-state index >= 15 is 0 Å². The molecule has 2 saturated heterocycles. The van der Waals surface area contributed by atoms with Crippen LogP contribution in [0.25, 0.3) is 0 Å². The normalized spacial score (nSPS) is 19.7. The SMILES string of the molecule is C=C1CCC(N2C(=O)c3cccc(OCc4ccc(CN5CCC(c6ccc(F)cc6F)CC5)cc4)c3C2=O)C(=O)N1. The Morgan fingerprint density at radius 1 is 0.905 bits per heavy atom. The Labute approximate surface area is 242 Å².